The molecule has 3 heterocycles. The minimum Gasteiger partial charge on any atom is -0.364 e. The van der Waals surface area contributed by atoms with Crippen LogP contribution in [0.25, 0.3) is 11.0 Å². The molecule has 1 amide bonds. The van der Waals surface area contributed by atoms with E-state index < -0.39 is 6.10 Å². The van der Waals surface area contributed by atoms with Crippen molar-refractivity contribution in [3.63, 3.8) is 0 Å². The molecule has 0 spiro atoms. The van der Waals surface area contributed by atoms with E-state index in [0.29, 0.717) is 6.54 Å². The number of nitrogens with one attached hydrogen (secondary N) is 1. The van der Waals surface area contributed by atoms with Gasteiger partial charge in [0, 0.05) is 25.2 Å². The number of aromatic nitrogens is 2. The molecule has 6 heteroatoms. The summed E-state index contributed by atoms with van der Waals surface area (Å²) >= 11 is 0. The molecule has 2 aromatic rings. The van der Waals surface area contributed by atoms with Gasteiger partial charge in [-0.25, -0.2) is 4.98 Å². The molecule has 3 N–H and O–H groups in total. The van der Waals surface area contributed by atoms with Gasteiger partial charge in [-0.2, -0.15) is 0 Å². The van der Waals surface area contributed by atoms with Gasteiger partial charge in [-0.15, -0.1) is 0 Å². The number of hydrogen-bond donors (Lipinski definition) is 2. The number of nitrogens with zero attached hydrogens (tertiary/aromatic N) is 2. The number of aryl methyl sites for hydroxylation is 2. The third-order valence-electron chi connectivity index (χ3n) is 5.04. The number of anilines is 1. The molecule has 6 nitrogen and oxygen atoms in total. The summed E-state index contributed by atoms with van der Waals surface area (Å²) in [5, 5.41) is 2.96. The van der Waals surface area contributed by atoms with Crippen molar-refractivity contribution in [2.45, 2.75) is 57.3 Å². The number of imidazole rings is 1. The molecule has 1 aromatic carbocycles. The lowest BCUT2D eigenvalue weighted by atomic mass is 10.2. The highest BCUT2D eigenvalue weighted by molar-refractivity contribution is 5.96. The fourth-order valence-corrected chi connectivity index (χ4v) is 3.72. The van der Waals surface area contributed by atoms with E-state index in [1.807, 2.05) is 12.1 Å². The lowest BCUT2D eigenvalue weighted by Gasteiger charge is -2.12. The first-order valence-corrected chi connectivity index (χ1v) is 8.90. The zero-order chi connectivity index (χ0) is 16.5. The van der Waals surface area contributed by atoms with Crippen molar-refractivity contribution in [3.05, 3.63) is 24.0 Å². The van der Waals surface area contributed by atoms with Gasteiger partial charge in [-0.1, -0.05) is 6.42 Å². The van der Waals surface area contributed by atoms with Crippen molar-refractivity contribution < 1.29 is 9.53 Å². The van der Waals surface area contributed by atoms with Crippen LogP contribution in [-0.4, -0.2) is 34.2 Å². The largest absolute Gasteiger partial charge is 0.364 e. The van der Waals surface area contributed by atoms with Gasteiger partial charge >= 0.3 is 0 Å². The minimum atomic E-state index is -0.395. The Kier molecular flexibility index (Phi) is 4.24. The van der Waals surface area contributed by atoms with Crippen molar-refractivity contribution in [1.82, 2.24) is 9.55 Å². The van der Waals surface area contributed by atoms with Crippen LogP contribution in [0, 0.1) is 0 Å². The van der Waals surface area contributed by atoms with Crippen LogP contribution in [0.1, 0.15) is 37.9 Å². The average molecular weight is 328 g/mol. The van der Waals surface area contributed by atoms with Crippen molar-refractivity contribution >= 4 is 22.6 Å². The molecule has 128 valence electrons. The van der Waals surface area contributed by atoms with Crippen molar-refractivity contribution in [1.29, 1.82) is 0 Å². The Bertz CT molecular complexity index is 755. The molecule has 1 aromatic heterocycles. The molecule has 1 saturated heterocycles. The summed E-state index contributed by atoms with van der Waals surface area (Å²) in [5.41, 5.74) is 8.49. The van der Waals surface area contributed by atoms with E-state index in [1.165, 1.54) is 19.3 Å². The topological polar surface area (TPSA) is 82.2 Å². The van der Waals surface area contributed by atoms with Gasteiger partial charge in [0.25, 0.3) is 5.91 Å². The zero-order valence-corrected chi connectivity index (χ0v) is 13.8. The van der Waals surface area contributed by atoms with Crippen LogP contribution in [0.15, 0.2) is 18.2 Å². The van der Waals surface area contributed by atoms with Crippen LogP contribution in [0.2, 0.25) is 0 Å². The number of benzene rings is 1. The molecule has 4 rings (SSSR count). The van der Waals surface area contributed by atoms with Crippen molar-refractivity contribution in [3.8, 4) is 0 Å². The molecule has 2 aliphatic rings. The molecule has 24 heavy (non-hydrogen) atoms. The highest BCUT2D eigenvalue weighted by atomic mass is 16.5. The predicted octanol–water partition coefficient (Wildman–Crippen LogP) is 2.21. The SMILES string of the molecule is NC[C@H]1CC[C@@H](C(=O)Nc2ccc3c(c2)nc2n3CCCCC2)O1. The smallest absolute Gasteiger partial charge is 0.253 e. The number of fused-ring (bicyclic) bond motifs is 3. The third kappa shape index (κ3) is 2.91. The molecule has 0 aliphatic carbocycles. The summed E-state index contributed by atoms with van der Waals surface area (Å²) < 4.78 is 7.97. The molecule has 2 aliphatic heterocycles. The number of nitrogens with two attached hydrogens (primary N) is 1. The second-order valence-corrected chi connectivity index (χ2v) is 6.74. The van der Waals surface area contributed by atoms with Gasteiger partial charge < -0.3 is 20.4 Å². The number of amides is 1. The summed E-state index contributed by atoms with van der Waals surface area (Å²) in [7, 11) is 0. The molecule has 2 atom stereocenters. The van der Waals surface area contributed by atoms with E-state index in [9.17, 15) is 4.79 Å². The number of ether oxygens (including phenoxy) is 1. The van der Waals surface area contributed by atoms with Crippen molar-refractivity contribution in [2.24, 2.45) is 5.73 Å². The predicted molar refractivity (Wildman–Crippen MR) is 92.9 cm³/mol. The number of hydrogen-bond acceptors (Lipinski definition) is 4. The molecule has 0 radical (unpaired) electrons. The summed E-state index contributed by atoms with van der Waals surface area (Å²) in [6.45, 7) is 1.50. The average Bonchev–Trinajstić information content (AvgIpc) is 3.13. The summed E-state index contributed by atoms with van der Waals surface area (Å²) in [5.74, 6) is 1.07. The van der Waals surface area contributed by atoms with E-state index in [-0.39, 0.29) is 12.0 Å². The Balaban J connectivity index is 1.52. The van der Waals surface area contributed by atoms with Gasteiger partial charge in [-0.3, -0.25) is 4.79 Å². The minimum absolute atomic E-state index is 0.00651. The van der Waals surface area contributed by atoms with Crippen LogP contribution < -0.4 is 11.1 Å². The van der Waals surface area contributed by atoms with Crippen molar-refractivity contribution in [2.75, 3.05) is 11.9 Å². The van der Waals surface area contributed by atoms with E-state index in [4.69, 9.17) is 15.5 Å². The van der Waals surface area contributed by atoms with Crippen LogP contribution >= 0.6 is 0 Å². The Morgan fingerprint density at radius 3 is 3.08 bits per heavy atom. The lowest BCUT2D eigenvalue weighted by molar-refractivity contribution is -0.126. The Hall–Kier alpha value is -1.92. The maximum Gasteiger partial charge on any atom is 0.253 e. The van der Waals surface area contributed by atoms with Gasteiger partial charge in [0.2, 0.25) is 0 Å². The normalized spacial score (nSPS) is 23.9. The zero-order valence-electron chi connectivity index (χ0n) is 13.8. The summed E-state index contributed by atoms with van der Waals surface area (Å²) in [6.07, 6.45) is 5.90. The first-order valence-electron chi connectivity index (χ1n) is 8.90. The van der Waals surface area contributed by atoms with Crippen LogP contribution in [0.4, 0.5) is 5.69 Å². The van der Waals surface area contributed by atoms with E-state index in [2.05, 4.69) is 16.0 Å². The van der Waals surface area contributed by atoms with Gasteiger partial charge in [0.1, 0.15) is 11.9 Å². The first kappa shape index (κ1) is 15.6. The Morgan fingerprint density at radius 1 is 1.33 bits per heavy atom. The van der Waals surface area contributed by atoms with E-state index in [0.717, 1.165) is 48.4 Å². The summed E-state index contributed by atoms with van der Waals surface area (Å²) in [6, 6.07) is 5.98. The van der Waals surface area contributed by atoms with Crippen LogP contribution in [0.5, 0.6) is 0 Å². The molecule has 0 unspecified atom stereocenters. The maximum atomic E-state index is 12.3. The quantitative estimate of drug-likeness (QED) is 0.905. The highest BCUT2D eigenvalue weighted by Crippen LogP contribution is 2.25. The number of rotatable bonds is 3. The Morgan fingerprint density at radius 2 is 2.25 bits per heavy atom. The monoisotopic (exact) mass is 328 g/mol. The van der Waals surface area contributed by atoms with E-state index in [1.54, 1.807) is 0 Å². The first-order chi connectivity index (χ1) is 11.7. The second-order valence-electron chi connectivity index (χ2n) is 6.74. The maximum absolute atomic E-state index is 12.3. The van der Waals surface area contributed by atoms with E-state index >= 15 is 0 Å². The summed E-state index contributed by atoms with van der Waals surface area (Å²) in [4.78, 5) is 17.1. The third-order valence-corrected chi connectivity index (χ3v) is 5.04. The van der Waals surface area contributed by atoms with Gasteiger partial charge in [0.15, 0.2) is 0 Å². The fourth-order valence-electron chi connectivity index (χ4n) is 3.72. The Labute approximate surface area is 141 Å². The molecular formula is C18H24N4O2. The highest BCUT2D eigenvalue weighted by Gasteiger charge is 2.29. The van der Waals surface area contributed by atoms with Gasteiger partial charge in [0.05, 0.1) is 17.1 Å². The fraction of sp³-hybridized carbons (Fsp3) is 0.556. The number of carbonyl (C=O) groups excluding carboxylic acids is 1. The standard InChI is InChI=1S/C18H24N4O2/c19-11-13-6-8-16(24-13)18(23)20-12-5-7-15-14(10-12)21-17-4-2-1-3-9-22(15)17/h5,7,10,13,16H,1-4,6,8-9,11,19H2,(H,20,23)/t13-,16+/m1/s1. The molecule has 0 bridgehead atoms. The van der Waals surface area contributed by atoms with Crippen LogP contribution in [-0.2, 0) is 22.5 Å². The van der Waals surface area contributed by atoms with Crippen LogP contribution in [0.3, 0.4) is 0 Å². The molecule has 0 saturated carbocycles. The number of carbonyl (C=O) groups is 1. The molecular weight excluding hydrogens is 304 g/mol. The van der Waals surface area contributed by atoms with Gasteiger partial charge in [-0.05, 0) is 43.9 Å². The molecule has 1 fully saturated rings. The second kappa shape index (κ2) is 6.53. The lowest BCUT2D eigenvalue weighted by Crippen LogP contribution is -2.29.